The maximum Gasteiger partial charge on any atom is 0.407 e. The van der Waals surface area contributed by atoms with E-state index in [1.807, 2.05) is 69.3 Å². The summed E-state index contributed by atoms with van der Waals surface area (Å²) in [7, 11) is 0. The molecule has 5 rings (SSSR count). The van der Waals surface area contributed by atoms with E-state index < -0.39 is 34.7 Å². The van der Waals surface area contributed by atoms with E-state index in [1.54, 1.807) is 6.07 Å². The van der Waals surface area contributed by atoms with Crippen molar-refractivity contribution < 1.29 is 14.3 Å². The molecule has 0 aliphatic heterocycles. The van der Waals surface area contributed by atoms with E-state index in [-0.39, 0.29) is 17.1 Å². The fourth-order valence-corrected chi connectivity index (χ4v) is 5.76. The summed E-state index contributed by atoms with van der Waals surface area (Å²) in [6, 6.07) is 17.5. The molecule has 1 aliphatic carbocycles. The molecule has 1 amide bonds. The van der Waals surface area contributed by atoms with Crippen LogP contribution in [0, 0.1) is 5.82 Å². The first-order valence-corrected chi connectivity index (χ1v) is 13.1. The van der Waals surface area contributed by atoms with Crippen LogP contribution < -0.4 is 11.2 Å². The largest absolute Gasteiger partial charge is 0.465 e. The summed E-state index contributed by atoms with van der Waals surface area (Å²) in [5.74, 6) is -0.666. The number of carboxylic acid groups (broad SMARTS) is 1. The van der Waals surface area contributed by atoms with Crippen LogP contribution in [0.5, 0.6) is 0 Å². The fraction of sp³-hybridized carbons (Fsp3) is 0.333. The maximum atomic E-state index is 14.3. The van der Waals surface area contributed by atoms with E-state index >= 15 is 0 Å². The van der Waals surface area contributed by atoms with Crippen molar-refractivity contribution in [3.63, 3.8) is 0 Å². The minimum Gasteiger partial charge on any atom is -0.465 e. The Morgan fingerprint density at radius 1 is 0.974 bits per heavy atom. The van der Waals surface area contributed by atoms with E-state index in [9.17, 15) is 23.9 Å². The topological polar surface area (TPSA) is 97.4 Å². The Labute approximate surface area is 225 Å². The second-order valence-electron chi connectivity index (χ2n) is 11.0. The molecule has 202 valence electrons. The summed E-state index contributed by atoms with van der Waals surface area (Å²) in [5, 5.41) is 9.84. The Morgan fingerprint density at radius 3 is 2.28 bits per heavy atom. The van der Waals surface area contributed by atoms with Gasteiger partial charge in [0, 0.05) is 17.6 Å². The lowest BCUT2D eigenvalue weighted by molar-refractivity contribution is 0.0506. The number of benzene rings is 2. The van der Waals surface area contributed by atoms with Crippen molar-refractivity contribution in [2.45, 2.75) is 64.1 Å². The van der Waals surface area contributed by atoms with Crippen LogP contribution in [0.15, 0.2) is 76.4 Å². The lowest BCUT2D eigenvalue weighted by atomic mass is 9.88. The molecule has 1 N–H and O–H groups in total. The van der Waals surface area contributed by atoms with Gasteiger partial charge < -0.3 is 10.0 Å². The number of rotatable bonds is 4. The zero-order chi connectivity index (χ0) is 27.9. The summed E-state index contributed by atoms with van der Waals surface area (Å²) in [5.41, 5.74) is 0.721. The Balaban J connectivity index is 1.61. The molecule has 39 heavy (non-hydrogen) atoms. The third-order valence-electron chi connectivity index (χ3n) is 7.43. The van der Waals surface area contributed by atoms with Crippen molar-refractivity contribution in [3.05, 3.63) is 93.5 Å². The lowest BCUT2D eigenvalue weighted by Gasteiger charge is -2.42. The molecule has 1 aliphatic rings. The predicted octanol–water partition coefficient (Wildman–Crippen LogP) is 5.62. The molecule has 2 heterocycles. The number of nitrogens with zero attached hydrogens (tertiary/aromatic N) is 4. The van der Waals surface area contributed by atoms with Crippen LogP contribution in [0.2, 0.25) is 0 Å². The van der Waals surface area contributed by atoms with Gasteiger partial charge in [0.15, 0.2) is 5.65 Å². The number of aromatic nitrogens is 3. The minimum absolute atomic E-state index is 0.0173. The Kier molecular flexibility index (Phi) is 6.84. The molecule has 1 saturated carbocycles. The first kappa shape index (κ1) is 26.3. The van der Waals surface area contributed by atoms with Gasteiger partial charge in [0.25, 0.3) is 5.56 Å². The van der Waals surface area contributed by atoms with Crippen LogP contribution in [0.4, 0.5) is 9.18 Å². The highest BCUT2D eigenvalue weighted by Crippen LogP contribution is 2.33. The second kappa shape index (κ2) is 10.1. The zero-order valence-corrected chi connectivity index (χ0v) is 22.2. The van der Waals surface area contributed by atoms with Gasteiger partial charge in [-0.1, -0.05) is 42.5 Å². The van der Waals surface area contributed by atoms with Crippen molar-refractivity contribution in [3.8, 4) is 16.8 Å². The normalized spacial score (nSPS) is 17.7. The van der Waals surface area contributed by atoms with E-state index in [2.05, 4.69) is 4.98 Å². The first-order valence-electron chi connectivity index (χ1n) is 13.1. The van der Waals surface area contributed by atoms with Crippen molar-refractivity contribution in [1.29, 1.82) is 0 Å². The first-order chi connectivity index (χ1) is 18.6. The number of halogens is 1. The van der Waals surface area contributed by atoms with E-state index in [1.165, 1.54) is 14.0 Å². The van der Waals surface area contributed by atoms with Crippen LogP contribution in [0.1, 0.15) is 52.5 Å². The fourth-order valence-electron chi connectivity index (χ4n) is 5.76. The molecule has 0 saturated heterocycles. The number of hydrogen-bond acceptors (Lipinski definition) is 4. The van der Waals surface area contributed by atoms with Crippen LogP contribution in [0.3, 0.4) is 0 Å². The van der Waals surface area contributed by atoms with Crippen LogP contribution in [-0.4, -0.2) is 41.8 Å². The molecule has 0 unspecified atom stereocenters. The summed E-state index contributed by atoms with van der Waals surface area (Å²) in [6.45, 7) is 5.56. The molecule has 2 aromatic carbocycles. The maximum absolute atomic E-state index is 14.3. The zero-order valence-electron chi connectivity index (χ0n) is 22.2. The molecule has 0 atom stereocenters. The van der Waals surface area contributed by atoms with Gasteiger partial charge in [-0.15, -0.1) is 0 Å². The van der Waals surface area contributed by atoms with Gasteiger partial charge in [0.1, 0.15) is 5.82 Å². The quantitative estimate of drug-likeness (QED) is 0.370. The minimum atomic E-state index is -0.990. The highest BCUT2D eigenvalue weighted by Gasteiger charge is 2.36. The summed E-state index contributed by atoms with van der Waals surface area (Å²) < 4.78 is 16.9. The van der Waals surface area contributed by atoms with Crippen molar-refractivity contribution in [2.24, 2.45) is 0 Å². The van der Waals surface area contributed by atoms with Gasteiger partial charge in [-0.2, -0.15) is 0 Å². The van der Waals surface area contributed by atoms with E-state index in [0.717, 1.165) is 23.4 Å². The van der Waals surface area contributed by atoms with Gasteiger partial charge >= 0.3 is 11.8 Å². The predicted molar refractivity (Wildman–Crippen MR) is 148 cm³/mol. The molecule has 9 heteroatoms. The van der Waals surface area contributed by atoms with Gasteiger partial charge in [0.05, 0.1) is 17.3 Å². The van der Waals surface area contributed by atoms with Gasteiger partial charge in [-0.3, -0.25) is 9.36 Å². The average Bonchev–Trinajstić information content (AvgIpc) is 2.90. The van der Waals surface area contributed by atoms with Gasteiger partial charge in [-0.25, -0.2) is 23.5 Å². The Bertz CT molecular complexity index is 1650. The van der Waals surface area contributed by atoms with Gasteiger partial charge in [0.2, 0.25) is 0 Å². The Morgan fingerprint density at radius 2 is 1.64 bits per heavy atom. The summed E-state index contributed by atoms with van der Waals surface area (Å²) in [6.07, 6.45) is 1.90. The number of pyridine rings is 1. The SMILES string of the molecule is CC(C)(C)N(C(=O)O)C1CCC(n2c(=O)c3cc(F)cnc3n(-c3cccc(-c4ccccc4)c3)c2=O)CC1. The van der Waals surface area contributed by atoms with Crippen molar-refractivity contribution >= 4 is 17.1 Å². The highest BCUT2D eigenvalue weighted by atomic mass is 19.1. The third-order valence-corrected chi connectivity index (χ3v) is 7.43. The number of carbonyl (C=O) groups is 1. The summed E-state index contributed by atoms with van der Waals surface area (Å²) in [4.78, 5) is 45.2. The molecular weight excluding hydrogens is 499 g/mol. The average molecular weight is 531 g/mol. The van der Waals surface area contributed by atoms with E-state index in [4.69, 9.17) is 0 Å². The molecular formula is C30H31FN4O4. The van der Waals surface area contributed by atoms with E-state index in [0.29, 0.717) is 31.4 Å². The van der Waals surface area contributed by atoms with Gasteiger partial charge in [-0.05, 0) is 75.8 Å². The van der Waals surface area contributed by atoms with Crippen LogP contribution in [-0.2, 0) is 0 Å². The number of hydrogen-bond donors (Lipinski definition) is 1. The lowest BCUT2D eigenvalue weighted by Crippen LogP contribution is -2.53. The molecule has 4 aromatic rings. The highest BCUT2D eigenvalue weighted by molar-refractivity contribution is 5.76. The molecule has 0 bridgehead atoms. The second-order valence-corrected chi connectivity index (χ2v) is 11.0. The monoisotopic (exact) mass is 530 g/mol. The third kappa shape index (κ3) is 4.96. The van der Waals surface area contributed by atoms with Crippen molar-refractivity contribution in [2.75, 3.05) is 0 Å². The molecule has 1 fully saturated rings. The number of fused-ring (bicyclic) bond motifs is 1. The molecule has 2 aromatic heterocycles. The molecule has 0 radical (unpaired) electrons. The molecule has 0 spiro atoms. The Hall–Kier alpha value is -4.27. The van der Waals surface area contributed by atoms with Crippen LogP contribution in [0.25, 0.3) is 27.8 Å². The summed E-state index contributed by atoms with van der Waals surface area (Å²) >= 11 is 0. The standard InChI is InChI=1S/C30H31FN4O4/c1-30(2,3)35(29(38)39)23-14-12-22(13-15-23)34-27(36)25-17-21(31)18-32-26(25)33(28(34)37)24-11-7-10-20(16-24)19-8-5-4-6-9-19/h4-11,16-18,22-23H,12-15H2,1-3H3,(H,38,39). The molecule has 8 nitrogen and oxygen atoms in total. The van der Waals surface area contributed by atoms with Crippen LogP contribution >= 0.6 is 0 Å². The van der Waals surface area contributed by atoms with Crippen molar-refractivity contribution in [1.82, 2.24) is 19.0 Å². The number of amides is 1. The smallest absolute Gasteiger partial charge is 0.407 e.